The highest BCUT2D eigenvalue weighted by atomic mass is 32.2. The maximum atomic E-state index is 13.3. The highest BCUT2D eigenvalue weighted by Gasteiger charge is 2.30. The van der Waals surface area contributed by atoms with E-state index in [0.29, 0.717) is 50.7 Å². The molecule has 10 heteroatoms. The van der Waals surface area contributed by atoms with Crippen molar-refractivity contribution in [1.29, 1.82) is 0 Å². The molecule has 1 amide bonds. The molecule has 0 bridgehead atoms. The van der Waals surface area contributed by atoms with Crippen molar-refractivity contribution in [3.05, 3.63) is 23.8 Å². The summed E-state index contributed by atoms with van der Waals surface area (Å²) in [5.41, 5.74) is 0.298. The van der Waals surface area contributed by atoms with Gasteiger partial charge in [-0.05, 0) is 44.1 Å². The first kappa shape index (κ1) is 23.4. The molecule has 1 aromatic rings. The molecule has 3 saturated heterocycles. The Labute approximate surface area is 190 Å². The Morgan fingerprint density at radius 1 is 0.938 bits per heavy atom. The van der Waals surface area contributed by atoms with Crippen LogP contribution < -0.4 is 4.74 Å². The predicted molar refractivity (Wildman–Crippen MR) is 121 cm³/mol. The lowest BCUT2D eigenvalue weighted by Crippen LogP contribution is -2.50. The Hall–Kier alpha value is -1.72. The second-order valence-electron chi connectivity index (χ2n) is 8.56. The number of rotatable bonds is 7. The van der Waals surface area contributed by atoms with E-state index in [2.05, 4.69) is 9.80 Å². The molecule has 178 valence electrons. The molecule has 1 aromatic carbocycles. The molecule has 0 saturated carbocycles. The van der Waals surface area contributed by atoms with Crippen LogP contribution in [0.15, 0.2) is 23.1 Å². The molecular formula is C22H34N4O5S. The number of methoxy groups -OCH3 is 1. The zero-order chi connectivity index (χ0) is 22.6. The number of amides is 1. The predicted octanol–water partition coefficient (Wildman–Crippen LogP) is 0.570. The fourth-order valence-electron chi connectivity index (χ4n) is 4.58. The Kier molecular flexibility index (Phi) is 7.67. The highest BCUT2D eigenvalue weighted by Crippen LogP contribution is 2.26. The number of carbonyl (C=O) groups excluding carboxylic acids is 1. The van der Waals surface area contributed by atoms with Crippen molar-refractivity contribution in [2.45, 2.75) is 17.7 Å². The van der Waals surface area contributed by atoms with E-state index in [9.17, 15) is 13.2 Å². The van der Waals surface area contributed by atoms with Crippen LogP contribution in [0.4, 0.5) is 0 Å². The van der Waals surface area contributed by atoms with Gasteiger partial charge in [0.15, 0.2) is 0 Å². The van der Waals surface area contributed by atoms with Gasteiger partial charge in [0, 0.05) is 52.4 Å². The van der Waals surface area contributed by atoms with Gasteiger partial charge in [-0.3, -0.25) is 9.69 Å². The van der Waals surface area contributed by atoms with Gasteiger partial charge >= 0.3 is 0 Å². The monoisotopic (exact) mass is 466 g/mol. The minimum Gasteiger partial charge on any atom is -0.496 e. The zero-order valence-electron chi connectivity index (χ0n) is 18.9. The van der Waals surface area contributed by atoms with Gasteiger partial charge in [0.2, 0.25) is 10.0 Å². The number of sulfonamides is 1. The summed E-state index contributed by atoms with van der Waals surface area (Å²) in [6.45, 7) is 8.80. The highest BCUT2D eigenvalue weighted by molar-refractivity contribution is 7.89. The largest absolute Gasteiger partial charge is 0.496 e. The van der Waals surface area contributed by atoms with Crippen molar-refractivity contribution in [3.8, 4) is 5.75 Å². The molecule has 0 N–H and O–H groups in total. The molecule has 0 unspecified atom stereocenters. The van der Waals surface area contributed by atoms with E-state index in [4.69, 9.17) is 9.47 Å². The fourth-order valence-corrected chi connectivity index (χ4v) is 6.02. The normalized spacial score (nSPS) is 21.7. The van der Waals surface area contributed by atoms with Crippen LogP contribution in [-0.4, -0.2) is 119 Å². The number of nitrogens with zero attached hydrogens (tertiary/aromatic N) is 4. The number of hydrogen-bond donors (Lipinski definition) is 0. The van der Waals surface area contributed by atoms with E-state index < -0.39 is 10.0 Å². The molecule has 0 aromatic heterocycles. The van der Waals surface area contributed by atoms with Gasteiger partial charge in [0.1, 0.15) is 5.75 Å². The number of piperazine rings is 1. The van der Waals surface area contributed by atoms with Gasteiger partial charge in [0.25, 0.3) is 5.91 Å². The molecule has 0 aliphatic carbocycles. The number of ether oxygens (including phenoxy) is 2. The third kappa shape index (κ3) is 5.26. The third-order valence-electron chi connectivity index (χ3n) is 6.60. The summed E-state index contributed by atoms with van der Waals surface area (Å²) < 4.78 is 38.2. The number of likely N-dealkylation sites (tertiary alicyclic amines) is 1. The van der Waals surface area contributed by atoms with E-state index in [1.54, 1.807) is 11.0 Å². The second-order valence-corrected chi connectivity index (χ2v) is 10.5. The molecule has 3 aliphatic heterocycles. The van der Waals surface area contributed by atoms with Gasteiger partial charge in [-0.15, -0.1) is 0 Å². The van der Waals surface area contributed by atoms with Crippen LogP contribution in [-0.2, 0) is 14.8 Å². The minimum absolute atomic E-state index is 0.118. The maximum Gasteiger partial charge on any atom is 0.257 e. The van der Waals surface area contributed by atoms with Crippen LogP contribution in [0.25, 0.3) is 0 Å². The zero-order valence-corrected chi connectivity index (χ0v) is 19.7. The number of morpholine rings is 1. The maximum absolute atomic E-state index is 13.3. The summed E-state index contributed by atoms with van der Waals surface area (Å²) >= 11 is 0. The molecular weight excluding hydrogens is 432 g/mol. The standard InChI is InChI=1S/C22H34N4O5S/c1-30-21-5-4-19(32(28,29)26-14-16-31-17-15-26)18-20(21)22(27)25-12-10-24(11-13-25)9-8-23-6-2-3-7-23/h4-5,18H,2-3,6-17H2,1H3. The first-order chi connectivity index (χ1) is 15.5. The van der Waals surface area contributed by atoms with Crippen LogP contribution in [0.1, 0.15) is 23.2 Å². The molecule has 32 heavy (non-hydrogen) atoms. The smallest absolute Gasteiger partial charge is 0.257 e. The van der Waals surface area contributed by atoms with Crippen LogP contribution >= 0.6 is 0 Å². The number of hydrogen-bond acceptors (Lipinski definition) is 7. The van der Waals surface area contributed by atoms with Crippen molar-refractivity contribution < 1.29 is 22.7 Å². The van der Waals surface area contributed by atoms with Crippen LogP contribution in [0.2, 0.25) is 0 Å². The Balaban J connectivity index is 1.42. The van der Waals surface area contributed by atoms with Crippen molar-refractivity contribution in [2.75, 3.05) is 85.8 Å². The number of benzene rings is 1. The van der Waals surface area contributed by atoms with Gasteiger partial charge in [-0.2, -0.15) is 4.31 Å². The Bertz CT molecular complexity index is 890. The molecule has 4 rings (SSSR count). The summed E-state index contributed by atoms with van der Waals surface area (Å²) in [5, 5.41) is 0. The summed E-state index contributed by atoms with van der Waals surface area (Å²) in [6, 6.07) is 4.55. The van der Waals surface area contributed by atoms with Gasteiger partial charge in [-0.25, -0.2) is 8.42 Å². The summed E-state index contributed by atoms with van der Waals surface area (Å²) in [7, 11) is -2.19. The average molecular weight is 467 g/mol. The lowest BCUT2D eigenvalue weighted by molar-refractivity contribution is 0.0623. The van der Waals surface area contributed by atoms with E-state index in [1.807, 2.05) is 0 Å². The van der Waals surface area contributed by atoms with Crippen molar-refractivity contribution in [2.24, 2.45) is 0 Å². The lowest BCUT2D eigenvalue weighted by atomic mass is 10.1. The van der Waals surface area contributed by atoms with Gasteiger partial charge in [-0.1, -0.05) is 0 Å². The lowest BCUT2D eigenvalue weighted by Gasteiger charge is -2.35. The Morgan fingerprint density at radius 2 is 1.56 bits per heavy atom. The minimum atomic E-state index is -3.68. The van der Waals surface area contributed by atoms with E-state index in [1.165, 1.54) is 49.5 Å². The molecule has 0 atom stereocenters. The van der Waals surface area contributed by atoms with Crippen molar-refractivity contribution >= 4 is 15.9 Å². The van der Waals surface area contributed by atoms with E-state index in [0.717, 1.165) is 26.2 Å². The molecule has 0 radical (unpaired) electrons. The second kappa shape index (κ2) is 10.5. The van der Waals surface area contributed by atoms with Crippen LogP contribution in [0.3, 0.4) is 0 Å². The first-order valence-corrected chi connectivity index (χ1v) is 12.9. The van der Waals surface area contributed by atoms with E-state index in [-0.39, 0.29) is 10.8 Å². The summed E-state index contributed by atoms with van der Waals surface area (Å²) in [4.78, 5) is 20.1. The van der Waals surface area contributed by atoms with E-state index >= 15 is 0 Å². The molecule has 9 nitrogen and oxygen atoms in total. The van der Waals surface area contributed by atoms with Gasteiger partial charge < -0.3 is 19.3 Å². The quantitative estimate of drug-likeness (QED) is 0.581. The fraction of sp³-hybridized carbons (Fsp3) is 0.682. The Morgan fingerprint density at radius 3 is 2.19 bits per heavy atom. The number of carbonyl (C=O) groups is 1. The molecule has 0 spiro atoms. The summed E-state index contributed by atoms with van der Waals surface area (Å²) in [5.74, 6) is 0.215. The summed E-state index contributed by atoms with van der Waals surface area (Å²) in [6.07, 6.45) is 2.59. The van der Waals surface area contributed by atoms with Crippen LogP contribution in [0, 0.1) is 0 Å². The van der Waals surface area contributed by atoms with Gasteiger partial charge in [0.05, 0.1) is 30.8 Å². The molecule has 3 fully saturated rings. The molecule has 3 heterocycles. The molecule has 3 aliphatic rings. The SMILES string of the molecule is COc1ccc(S(=O)(=O)N2CCOCC2)cc1C(=O)N1CCN(CCN2CCCC2)CC1. The third-order valence-corrected chi connectivity index (χ3v) is 8.49. The van der Waals surface area contributed by atoms with Crippen LogP contribution in [0.5, 0.6) is 5.75 Å². The topological polar surface area (TPSA) is 82.6 Å². The van der Waals surface area contributed by atoms with Crippen molar-refractivity contribution in [3.63, 3.8) is 0 Å². The first-order valence-electron chi connectivity index (χ1n) is 11.5. The van der Waals surface area contributed by atoms with Crippen molar-refractivity contribution in [1.82, 2.24) is 19.0 Å². The average Bonchev–Trinajstić information content (AvgIpc) is 3.36.